The second-order valence-corrected chi connectivity index (χ2v) is 9.22. The van der Waals surface area contributed by atoms with Crippen LogP contribution in [0.25, 0.3) is 0 Å². The molecule has 31 heavy (non-hydrogen) atoms. The van der Waals surface area contributed by atoms with Gasteiger partial charge in [0.25, 0.3) is 15.9 Å². The minimum Gasteiger partial charge on any atom is -0.484 e. The van der Waals surface area contributed by atoms with E-state index < -0.39 is 15.8 Å². The van der Waals surface area contributed by atoms with Gasteiger partial charge in [-0.3, -0.25) is 9.52 Å². The van der Waals surface area contributed by atoms with Gasteiger partial charge in [0, 0.05) is 12.2 Å². The highest BCUT2D eigenvalue weighted by Crippen LogP contribution is 2.24. The van der Waals surface area contributed by atoms with Gasteiger partial charge in [0.15, 0.2) is 6.61 Å². The number of nitrogens with one attached hydrogen (secondary N) is 2. The Morgan fingerprint density at radius 3 is 2.58 bits per heavy atom. The molecular formula is C23H27FN2O4S. The Morgan fingerprint density at radius 2 is 1.90 bits per heavy atom. The lowest BCUT2D eigenvalue weighted by atomic mass is 9.97. The van der Waals surface area contributed by atoms with Gasteiger partial charge in [-0.05, 0) is 87.1 Å². The molecule has 2 N–H and O–H groups in total. The number of anilines is 1. The van der Waals surface area contributed by atoms with E-state index in [1.54, 1.807) is 6.92 Å². The molecule has 0 bridgehead atoms. The van der Waals surface area contributed by atoms with E-state index in [1.807, 2.05) is 0 Å². The number of aryl methyl sites for hydroxylation is 1. The maximum Gasteiger partial charge on any atom is 0.261 e. The summed E-state index contributed by atoms with van der Waals surface area (Å²) in [5.74, 6) is -0.230. The summed E-state index contributed by atoms with van der Waals surface area (Å²) in [6.45, 7) is 2.15. The fourth-order valence-corrected chi connectivity index (χ4v) is 4.51. The van der Waals surface area contributed by atoms with E-state index in [0.29, 0.717) is 17.9 Å². The van der Waals surface area contributed by atoms with Gasteiger partial charge in [-0.15, -0.1) is 0 Å². The zero-order chi connectivity index (χ0) is 22.3. The smallest absolute Gasteiger partial charge is 0.261 e. The summed E-state index contributed by atoms with van der Waals surface area (Å²) in [6.07, 6.45) is 7.81. The third-order valence-electron chi connectivity index (χ3n) is 5.07. The molecule has 0 atom stereocenters. The Balaban J connectivity index is 1.52. The Labute approximate surface area is 182 Å². The van der Waals surface area contributed by atoms with Gasteiger partial charge in [0.2, 0.25) is 0 Å². The predicted molar refractivity (Wildman–Crippen MR) is 118 cm³/mol. The molecule has 1 aliphatic rings. The molecule has 6 nitrogen and oxygen atoms in total. The first kappa shape index (κ1) is 22.8. The van der Waals surface area contributed by atoms with Crippen molar-refractivity contribution in [3.05, 3.63) is 65.5 Å². The number of hydrogen-bond donors (Lipinski definition) is 2. The quantitative estimate of drug-likeness (QED) is 0.562. The molecule has 1 aliphatic carbocycles. The van der Waals surface area contributed by atoms with Gasteiger partial charge in [-0.25, -0.2) is 12.8 Å². The first-order valence-corrected chi connectivity index (χ1v) is 11.8. The Kier molecular flexibility index (Phi) is 7.68. The van der Waals surface area contributed by atoms with Crippen LogP contribution in [0.5, 0.6) is 5.75 Å². The summed E-state index contributed by atoms with van der Waals surface area (Å²) >= 11 is 0. The number of carbonyl (C=O) groups excluding carboxylic acids is 1. The second-order valence-electron chi connectivity index (χ2n) is 7.54. The largest absolute Gasteiger partial charge is 0.484 e. The highest BCUT2D eigenvalue weighted by molar-refractivity contribution is 7.92. The van der Waals surface area contributed by atoms with Gasteiger partial charge in [-0.1, -0.05) is 11.6 Å². The molecule has 1 amide bonds. The maximum atomic E-state index is 13.0. The lowest BCUT2D eigenvalue weighted by Gasteiger charge is -2.14. The summed E-state index contributed by atoms with van der Waals surface area (Å²) < 4.78 is 46.1. The third-order valence-corrected chi connectivity index (χ3v) is 6.44. The summed E-state index contributed by atoms with van der Waals surface area (Å²) in [4.78, 5) is 12.1. The monoisotopic (exact) mass is 446 g/mol. The normalized spacial score (nSPS) is 13.9. The van der Waals surface area contributed by atoms with Crippen molar-refractivity contribution in [2.24, 2.45) is 0 Å². The van der Waals surface area contributed by atoms with Crippen LogP contribution in [0.1, 0.15) is 37.7 Å². The molecule has 0 radical (unpaired) electrons. The van der Waals surface area contributed by atoms with Crippen LogP contribution in [0.4, 0.5) is 10.1 Å². The van der Waals surface area contributed by atoms with Crippen molar-refractivity contribution < 1.29 is 22.3 Å². The summed E-state index contributed by atoms with van der Waals surface area (Å²) in [5.41, 5.74) is 2.25. The Morgan fingerprint density at radius 1 is 1.13 bits per heavy atom. The molecule has 0 heterocycles. The van der Waals surface area contributed by atoms with Crippen molar-refractivity contribution in [1.82, 2.24) is 5.32 Å². The van der Waals surface area contributed by atoms with E-state index in [0.717, 1.165) is 19.3 Å². The summed E-state index contributed by atoms with van der Waals surface area (Å²) in [5, 5.41) is 2.85. The second kappa shape index (κ2) is 10.4. The van der Waals surface area contributed by atoms with Crippen LogP contribution in [-0.2, 0) is 14.8 Å². The van der Waals surface area contributed by atoms with E-state index in [9.17, 15) is 17.6 Å². The summed E-state index contributed by atoms with van der Waals surface area (Å²) in [7, 11) is -3.83. The van der Waals surface area contributed by atoms with Crippen molar-refractivity contribution in [1.29, 1.82) is 0 Å². The van der Waals surface area contributed by atoms with E-state index in [2.05, 4.69) is 16.1 Å². The van der Waals surface area contributed by atoms with Gasteiger partial charge in [-0.2, -0.15) is 0 Å². The van der Waals surface area contributed by atoms with Crippen LogP contribution in [-0.4, -0.2) is 27.5 Å². The number of benzene rings is 2. The first-order chi connectivity index (χ1) is 14.8. The number of carbonyl (C=O) groups is 1. The van der Waals surface area contributed by atoms with Crippen molar-refractivity contribution in [2.75, 3.05) is 17.9 Å². The molecule has 0 unspecified atom stereocenters. The fourth-order valence-electron chi connectivity index (χ4n) is 3.37. The van der Waals surface area contributed by atoms with Crippen LogP contribution in [0.2, 0.25) is 0 Å². The van der Waals surface area contributed by atoms with Crippen LogP contribution >= 0.6 is 0 Å². The highest BCUT2D eigenvalue weighted by Gasteiger charge is 2.16. The first-order valence-electron chi connectivity index (χ1n) is 10.3. The lowest BCUT2D eigenvalue weighted by molar-refractivity contribution is -0.123. The van der Waals surface area contributed by atoms with Crippen molar-refractivity contribution in [3.63, 3.8) is 0 Å². The zero-order valence-electron chi connectivity index (χ0n) is 17.5. The van der Waals surface area contributed by atoms with Gasteiger partial charge >= 0.3 is 0 Å². The SMILES string of the molecule is Cc1cc(S(=O)(=O)Nc2ccc(F)cc2)ccc1OCC(=O)NCCC1=CCCCC1. The Hall–Kier alpha value is -2.87. The maximum absolute atomic E-state index is 13.0. The number of halogens is 1. The molecule has 2 aromatic rings. The molecule has 8 heteroatoms. The molecule has 0 aromatic heterocycles. The van der Waals surface area contributed by atoms with E-state index in [4.69, 9.17) is 4.74 Å². The van der Waals surface area contributed by atoms with Gasteiger partial charge in [0.1, 0.15) is 11.6 Å². The average molecular weight is 447 g/mol. The fraction of sp³-hybridized carbons (Fsp3) is 0.348. The van der Waals surface area contributed by atoms with E-state index >= 15 is 0 Å². The van der Waals surface area contributed by atoms with Gasteiger partial charge in [0.05, 0.1) is 4.90 Å². The molecule has 3 rings (SSSR count). The molecule has 0 saturated heterocycles. The topological polar surface area (TPSA) is 84.5 Å². The van der Waals surface area contributed by atoms with Crippen molar-refractivity contribution in [3.8, 4) is 5.75 Å². The van der Waals surface area contributed by atoms with E-state index in [-0.39, 0.29) is 23.1 Å². The standard InChI is InChI=1S/C23H27FN2O4S/c1-17-15-21(31(28,29)26-20-9-7-19(24)8-10-20)11-12-22(17)30-16-23(27)25-14-13-18-5-3-2-4-6-18/h5,7-12,15,26H,2-4,6,13-14,16H2,1H3,(H,25,27). The number of sulfonamides is 1. The molecular weight excluding hydrogens is 419 g/mol. The van der Waals surface area contributed by atoms with Crippen LogP contribution in [0.15, 0.2) is 59.0 Å². The number of rotatable bonds is 9. The summed E-state index contributed by atoms with van der Waals surface area (Å²) in [6, 6.07) is 9.45. The van der Waals surface area contributed by atoms with Crippen LogP contribution in [0, 0.1) is 12.7 Å². The van der Waals surface area contributed by atoms with Crippen LogP contribution < -0.4 is 14.8 Å². The number of ether oxygens (including phenoxy) is 1. The lowest BCUT2D eigenvalue weighted by Crippen LogP contribution is -2.30. The Bertz CT molecular complexity index is 1050. The predicted octanol–water partition coefficient (Wildman–Crippen LogP) is 4.32. The molecule has 2 aromatic carbocycles. The molecule has 0 aliphatic heterocycles. The van der Waals surface area contributed by atoms with Crippen LogP contribution in [0.3, 0.4) is 0 Å². The molecule has 166 valence electrons. The highest BCUT2D eigenvalue weighted by atomic mass is 32.2. The minimum absolute atomic E-state index is 0.0480. The average Bonchev–Trinajstić information content (AvgIpc) is 2.75. The number of allylic oxidation sites excluding steroid dienone is 1. The molecule has 0 spiro atoms. The number of amides is 1. The third kappa shape index (κ3) is 6.82. The minimum atomic E-state index is -3.83. The molecule has 0 fully saturated rings. The number of hydrogen-bond acceptors (Lipinski definition) is 4. The van der Waals surface area contributed by atoms with E-state index in [1.165, 1.54) is 60.9 Å². The van der Waals surface area contributed by atoms with Crippen molar-refractivity contribution >= 4 is 21.6 Å². The zero-order valence-corrected chi connectivity index (χ0v) is 18.3. The van der Waals surface area contributed by atoms with Gasteiger partial charge < -0.3 is 10.1 Å². The van der Waals surface area contributed by atoms with Crippen molar-refractivity contribution in [2.45, 2.75) is 43.9 Å². The molecule has 0 saturated carbocycles.